The van der Waals surface area contributed by atoms with Crippen LogP contribution in [0.2, 0.25) is 0 Å². The molecule has 2 aromatic carbocycles. The minimum absolute atomic E-state index is 0.283. The van der Waals surface area contributed by atoms with E-state index in [-0.39, 0.29) is 4.88 Å². The number of hydrogen-bond donors (Lipinski definition) is 1. The van der Waals surface area contributed by atoms with E-state index in [1.807, 2.05) is 57.2 Å². The molecule has 0 fully saturated rings. The van der Waals surface area contributed by atoms with Crippen molar-refractivity contribution in [3.8, 4) is 22.1 Å². The van der Waals surface area contributed by atoms with Gasteiger partial charge in [-0.15, -0.1) is 11.3 Å². The number of aryl methyl sites for hydroxylation is 3. The first-order valence-electron chi connectivity index (χ1n) is 9.14. The van der Waals surface area contributed by atoms with Gasteiger partial charge in [-0.2, -0.15) is 0 Å². The van der Waals surface area contributed by atoms with Crippen LogP contribution < -0.4 is 9.47 Å². The van der Waals surface area contributed by atoms with Crippen LogP contribution in [-0.2, 0) is 6.42 Å². The molecular weight excluding hydrogens is 374 g/mol. The van der Waals surface area contributed by atoms with Gasteiger partial charge >= 0.3 is 5.97 Å². The molecule has 1 heterocycles. The lowest BCUT2D eigenvalue weighted by Crippen LogP contribution is -2.10. The van der Waals surface area contributed by atoms with Crippen molar-refractivity contribution in [3.05, 3.63) is 64.2 Å². The Morgan fingerprint density at radius 3 is 2.46 bits per heavy atom. The summed E-state index contributed by atoms with van der Waals surface area (Å²) in [5, 5.41) is 10.0. The van der Waals surface area contributed by atoms with Gasteiger partial charge in [0.05, 0.1) is 11.3 Å². The van der Waals surface area contributed by atoms with E-state index >= 15 is 0 Å². The number of aromatic carboxylic acids is 1. The Balaban J connectivity index is 1.71. The zero-order chi connectivity index (χ0) is 20.1. The van der Waals surface area contributed by atoms with Crippen LogP contribution in [0, 0.1) is 13.8 Å². The Labute approximate surface area is 168 Å². The number of ether oxygens (including phenoxy) is 2. The Morgan fingerprint density at radius 2 is 1.79 bits per heavy atom. The molecule has 0 atom stereocenters. The summed E-state index contributed by atoms with van der Waals surface area (Å²) < 4.78 is 11.8. The first kappa shape index (κ1) is 19.9. The molecule has 1 N–H and O–H groups in total. The van der Waals surface area contributed by atoms with Crippen LogP contribution in [0.25, 0.3) is 10.6 Å². The molecule has 0 aliphatic rings. The maximum Gasteiger partial charge on any atom is 0.347 e. The minimum Gasteiger partial charge on any atom is -0.490 e. The fraction of sp³-hybridized carbons (Fsp3) is 0.273. The number of aromatic nitrogens is 1. The first-order chi connectivity index (χ1) is 13.5. The maximum atomic E-state index is 11.4. The smallest absolute Gasteiger partial charge is 0.347 e. The van der Waals surface area contributed by atoms with Gasteiger partial charge in [0.15, 0.2) is 0 Å². The van der Waals surface area contributed by atoms with Gasteiger partial charge in [-0.3, -0.25) is 0 Å². The van der Waals surface area contributed by atoms with Gasteiger partial charge in [0.25, 0.3) is 0 Å². The van der Waals surface area contributed by atoms with Crippen LogP contribution >= 0.6 is 11.3 Å². The van der Waals surface area contributed by atoms with Gasteiger partial charge in [-0.05, 0) is 49.6 Å². The van der Waals surface area contributed by atoms with Gasteiger partial charge < -0.3 is 14.6 Å². The molecule has 0 saturated carbocycles. The maximum absolute atomic E-state index is 11.4. The lowest BCUT2D eigenvalue weighted by Gasteiger charge is -2.12. The van der Waals surface area contributed by atoms with Crippen LogP contribution in [0.3, 0.4) is 0 Å². The fourth-order valence-electron chi connectivity index (χ4n) is 2.81. The number of thiazole rings is 1. The molecule has 6 heteroatoms. The van der Waals surface area contributed by atoms with Crippen LogP contribution in [0.1, 0.15) is 33.4 Å². The van der Waals surface area contributed by atoms with Crippen molar-refractivity contribution in [2.45, 2.75) is 27.2 Å². The molecule has 0 bridgehead atoms. The summed E-state index contributed by atoms with van der Waals surface area (Å²) in [6, 6.07) is 13.6. The van der Waals surface area contributed by atoms with Crippen LogP contribution in [0.5, 0.6) is 11.5 Å². The molecule has 3 rings (SSSR count). The second-order valence-electron chi connectivity index (χ2n) is 6.42. The molecule has 0 unspecified atom stereocenters. The predicted octanol–water partition coefficient (Wildman–Crippen LogP) is 5.15. The summed E-state index contributed by atoms with van der Waals surface area (Å²) in [4.78, 5) is 16.2. The van der Waals surface area contributed by atoms with Crippen molar-refractivity contribution in [1.82, 2.24) is 4.98 Å². The van der Waals surface area contributed by atoms with Gasteiger partial charge in [-0.25, -0.2) is 9.78 Å². The number of para-hydroxylation sites is 1. The molecule has 0 saturated heterocycles. The molecule has 0 aliphatic heterocycles. The average molecular weight is 397 g/mol. The summed E-state index contributed by atoms with van der Waals surface area (Å²) in [6.07, 6.45) is 0.574. The van der Waals surface area contributed by atoms with Gasteiger partial charge in [-0.1, -0.05) is 31.2 Å². The van der Waals surface area contributed by atoms with Gasteiger partial charge in [0.2, 0.25) is 0 Å². The van der Waals surface area contributed by atoms with Gasteiger partial charge in [0, 0.05) is 0 Å². The molecule has 0 radical (unpaired) electrons. The zero-order valence-corrected chi connectivity index (χ0v) is 17.0. The van der Waals surface area contributed by atoms with E-state index in [0.29, 0.717) is 36.1 Å². The SMILES string of the molecule is CCc1nc(-c2ccccc2OCCOc2cc(C)ccc2C)sc1C(=O)O. The number of rotatable bonds is 8. The van der Waals surface area contributed by atoms with Crippen molar-refractivity contribution < 1.29 is 19.4 Å². The van der Waals surface area contributed by atoms with E-state index < -0.39 is 5.97 Å². The lowest BCUT2D eigenvalue weighted by molar-refractivity contribution is 0.0701. The number of hydrogen-bond acceptors (Lipinski definition) is 5. The van der Waals surface area contributed by atoms with Crippen molar-refractivity contribution in [1.29, 1.82) is 0 Å². The van der Waals surface area contributed by atoms with E-state index in [2.05, 4.69) is 11.1 Å². The third kappa shape index (κ3) is 4.51. The van der Waals surface area contributed by atoms with E-state index in [9.17, 15) is 9.90 Å². The number of nitrogens with zero attached hydrogens (tertiary/aromatic N) is 1. The first-order valence-corrected chi connectivity index (χ1v) is 9.96. The summed E-state index contributed by atoms with van der Waals surface area (Å²) >= 11 is 1.18. The highest BCUT2D eigenvalue weighted by molar-refractivity contribution is 7.17. The van der Waals surface area contributed by atoms with Crippen molar-refractivity contribution >= 4 is 17.3 Å². The van der Waals surface area contributed by atoms with Crippen LogP contribution in [0.4, 0.5) is 0 Å². The number of carbonyl (C=O) groups is 1. The Morgan fingerprint density at radius 1 is 1.07 bits per heavy atom. The predicted molar refractivity (Wildman–Crippen MR) is 111 cm³/mol. The third-order valence-electron chi connectivity index (χ3n) is 4.29. The van der Waals surface area contributed by atoms with Crippen molar-refractivity contribution in [3.63, 3.8) is 0 Å². The Bertz CT molecular complexity index is 980. The topological polar surface area (TPSA) is 68.7 Å². The molecule has 0 spiro atoms. The summed E-state index contributed by atoms with van der Waals surface area (Å²) in [7, 11) is 0. The Kier molecular flexibility index (Phi) is 6.31. The summed E-state index contributed by atoms with van der Waals surface area (Å²) in [6.45, 7) is 6.74. The molecular formula is C22H23NO4S. The highest BCUT2D eigenvalue weighted by Gasteiger charge is 2.18. The summed E-state index contributed by atoms with van der Waals surface area (Å²) in [5.74, 6) is 0.580. The quantitative estimate of drug-likeness (QED) is 0.533. The molecule has 0 amide bonds. The zero-order valence-electron chi connectivity index (χ0n) is 16.2. The van der Waals surface area contributed by atoms with E-state index in [0.717, 1.165) is 22.4 Å². The van der Waals surface area contributed by atoms with E-state index in [1.54, 1.807) is 0 Å². The molecule has 1 aromatic heterocycles. The normalized spacial score (nSPS) is 10.7. The molecule has 28 heavy (non-hydrogen) atoms. The number of carboxylic acid groups (broad SMARTS) is 1. The van der Waals surface area contributed by atoms with E-state index in [4.69, 9.17) is 9.47 Å². The Hall–Kier alpha value is -2.86. The van der Waals surface area contributed by atoms with Gasteiger partial charge in [0.1, 0.15) is 34.6 Å². The summed E-state index contributed by atoms with van der Waals surface area (Å²) in [5.41, 5.74) is 3.63. The monoisotopic (exact) mass is 397 g/mol. The molecule has 0 aliphatic carbocycles. The van der Waals surface area contributed by atoms with Crippen LogP contribution in [0.15, 0.2) is 42.5 Å². The van der Waals surface area contributed by atoms with Crippen molar-refractivity contribution in [2.75, 3.05) is 13.2 Å². The van der Waals surface area contributed by atoms with Crippen LogP contribution in [-0.4, -0.2) is 29.3 Å². The second-order valence-corrected chi connectivity index (χ2v) is 7.41. The van der Waals surface area contributed by atoms with Crippen molar-refractivity contribution in [2.24, 2.45) is 0 Å². The average Bonchev–Trinajstić information content (AvgIpc) is 3.13. The third-order valence-corrected chi connectivity index (χ3v) is 5.40. The number of benzene rings is 2. The number of carboxylic acids is 1. The molecule has 5 nitrogen and oxygen atoms in total. The minimum atomic E-state index is -0.944. The largest absolute Gasteiger partial charge is 0.490 e. The molecule has 3 aromatic rings. The van der Waals surface area contributed by atoms with E-state index in [1.165, 1.54) is 11.3 Å². The standard InChI is InChI=1S/C22H23NO4S/c1-4-17-20(22(24)25)28-21(23-17)16-7-5-6-8-18(16)26-11-12-27-19-13-14(2)9-10-15(19)3/h5-10,13H,4,11-12H2,1-3H3,(H,24,25). The highest BCUT2D eigenvalue weighted by Crippen LogP contribution is 2.34. The lowest BCUT2D eigenvalue weighted by atomic mass is 10.1. The second kappa shape index (κ2) is 8.89. The fourth-order valence-corrected chi connectivity index (χ4v) is 3.83. The highest BCUT2D eigenvalue weighted by atomic mass is 32.1. The molecule has 146 valence electrons.